The van der Waals surface area contributed by atoms with Gasteiger partial charge in [-0.2, -0.15) is 0 Å². The van der Waals surface area contributed by atoms with Crippen molar-refractivity contribution in [3.63, 3.8) is 0 Å². The summed E-state index contributed by atoms with van der Waals surface area (Å²) in [6, 6.07) is 0. The maximum Gasteiger partial charge on any atom is 0.0597 e. The summed E-state index contributed by atoms with van der Waals surface area (Å²) in [5.41, 5.74) is 0. The van der Waals surface area contributed by atoms with Crippen LogP contribution < -0.4 is 0 Å². The zero-order valence-corrected chi connectivity index (χ0v) is 12.3. The van der Waals surface area contributed by atoms with E-state index >= 15 is 0 Å². The van der Waals surface area contributed by atoms with Crippen LogP contribution in [-0.2, 0) is 0 Å². The molecular weight excluding hydrogens is 208 g/mol. The van der Waals surface area contributed by atoms with E-state index in [9.17, 15) is 5.11 Å². The predicted molar refractivity (Wildman–Crippen MR) is 77.1 cm³/mol. The Kier molecular flexibility index (Phi) is 12.4. The first-order chi connectivity index (χ1) is 8.18. The Morgan fingerprint density at radius 2 is 1.18 bits per heavy atom. The zero-order valence-electron chi connectivity index (χ0n) is 12.3. The maximum atomic E-state index is 9.61. The Balaban J connectivity index is 3.03. The molecule has 0 spiro atoms. The van der Waals surface area contributed by atoms with Crippen LogP contribution in [0.25, 0.3) is 0 Å². The van der Waals surface area contributed by atoms with Gasteiger partial charge in [0.15, 0.2) is 0 Å². The molecule has 17 heavy (non-hydrogen) atoms. The molecule has 0 amide bonds. The minimum absolute atomic E-state index is 0.163. The third-order valence-corrected chi connectivity index (χ3v) is 3.50. The van der Waals surface area contributed by atoms with E-state index < -0.39 is 0 Å². The molecular formula is C16H33O. The molecule has 0 aliphatic rings. The summed E-state index contributed by atoms with van der Waals surface area (Å²) in [5, 5.41) is 9.61. The van der Waals surface area contributed by atoms with Crippen LogP contribution in [0.5, 0.6) is 0 Å². The molecule has 0 fully saturated rings. The van der Waals surface area contributed by atoms with Crippen LogP contribution >= 0.6 is 0 Å². The maximum absolute atomic E-state index is 9.61. The molecule has 0 aliphatic carbocycles. The number of rotatable bonds is 12. The van der Waals surface area contributed by atoms with E-state index in [4.69, 9.17) is 0 Å². The average molecular weight is 241 g/mol. The van der Waals surface area contributed by atoms with E-state index in [0.29, 0.717) is 0 Å². The molecule has 0 heterocycles. The molecule has 0 rings (SSSR count). The van der Waals surface area contributed by atoms with E-state index in [1.54, 1.807) is 0 Å². The molecule has 0 saturated heterocycles. The Hall–Kier alpha value is -0.0400. The van der Waals surface area contributed by atoms with Gasteiger partial charge in [-0.1, -0.05) is 85.0 Å². The molecule has 1 heteroatoms. The first-order valence-electron chi connectivity index (χ1n) is 7.66. The molecule has 1 unspecified atom stereocenters. The van der Waals surface area contributed by atoms with Crippen LogP contribution in [0.1, 0.15) is 91.4 Å². The van der Waals surface area contributed by atoms with Crippen LogP contribution in [0.2, 0.25) is 0 Å². The van der Waals surface area contributed by atoms with Crippen LogP contribution in [0, 0.1) is 5.92 Å². The molecule has 0 aromatic rings. The lowest BCUT2D eigenvalue weighted by Crippen LogP contribution is -2.12. The fourth-order valence-electron chi connectivity index (χ4n) is 2.11. The quantitative estimate of drug-likeness (QED) is 0.461. The highest BCUT2D eigenvalue weighted by molar-refractivity contribution is 4.86. The summed E-state index contributed by atoms with van der Waals surface area (Å²) in [6.07, 6.45) is 14.4. The van der Waals surface area contributed by atoms with Crippen molar-refractivity contribution in [2.24, 2.45) is 0 Å². The Labute approximate surface area is 109 Å². The van der Waals surface area contributed by atoms with Crippen molar-refractivity contribution >= 4 is 0 Å². The molecule has 1 nitrogen and oxygen atoms in total. The number of hydrogen-bond donors (Lipinski definition) is 1. The summed E-state index contributed by atoms with van der Waals surface area (Å²) >= 11 is 0. The third-order valence-electron chi connectivity index (χ3n) is 3.50. The van der Waals surface area contributed by atoms with Crippen molar-refractivity contribution in [3.05, 3.63) is 5.92 Å². The third kappa shape index (κ3) is 12.2. The van der Waals surface area contributed by atoms with Crippen molar-refractivity contribution < 1.29 is 5.11 Å². The van der Waals surface area contributed by atoms with Gasteiger partial charge in [0.05, 0.1) is 6.10 Å². The summed E-state index contributed by atoms with van der Waals surface area (Å²) in [6.45, 7) is 6.30. The molecule has 0 bridgehead atoms. The van der Waals surface area contributed by atoms with Crippen molar-refractivity contribution in [1.29, 1.82) is 0 Å². The van der Waals surface area contributed by atoms with E-state index in [0.717, 1.165) is 12.3 Å². The van der Waals surface area contributed by atoms with Gasteiger partial charge >= 0.3 is 0 Å². The SMILES string of the molecule is CCCCCCCCCCCCC(O)[C](C)C. The minimum atomic E-state index is -0.163. The van der Waals surface area contributed by atoms with Crippen molar-refractivity contribution in [3.8, 4) is 0 Å². The molecule has 103 valence electrons. The number of aliphatic hydroxyl groups is 1. The lowest BCUT2D eigenvalue weighted by atomic mass is 10.00. The first-order valence-corrected chi connectivity index (χ1v) is 7.66. The monoisotopic (exact) mass is 241 g/mol. The molecule has 1 atom stereocenters. The highest BCUT2D eigenvalue weighted by atomic mass is 16.3. The number of hydrogen-bond acceptors (Lipinski definition) is 1. The highest BCUT2D eigenvalue weighted by Gasteiger charge is 2.08. The molecule has 0 aliphatic heterocycles. The number of aliphatic hydroxyl groups excluding tert-OH is 1. The van der Waals surface area contributed by atoms with Gasteiger partial charge in [0.25, 0.3) is 0 Å². The van der Waals surface area contributed by atoms with Crippen LogP contribution in [0.15, 0.2) is 0 Å². The zero-order chi connectivity index (χ0) is 12.9. The summed E-state index contributed by atoms with van der Waals surface area (Å²) in [7, 11) is 0. The van der Waals surface area contributed by atoms with Crippen LogP contribution in [-0.4, -0.2) is 11.2 Å². The summed E-state index contributed by atoms with van der Waals surface area (Å²) in [4.78, 5) is 0. The largest absolute Gasteiger partial charge is 0.393 e. The van der Waals surface area contributed by atoms with Gasteiger partial charge in [0.1, 0.15) is 0 Å². The minimum Gasteiger partial charge on any atom is -0.393 e. The summed E-state index contributed by atoms with van der Waals surface area (Å²) < 4.78 is 0. The second-order valence-corrected chi connectivity index (χ2v) is 5.56. The fraction of sp³-hybridized carbons (Fsp3) is 0.938. The van der Waals surface area contributed by atoms with E-state index in [2.05, 4.69) is 6.92 Å². The van der Waals surface area contributed by atoms with Gasteiger partial charge in [0, 0.05) is 0 Å². The summed E-state index contributed by atoms with van der Waals surface area (Å²) in [5.74, 6) is 1.15. The van der Waals surface area contributed by atoms with Gasteiger partial charge in [-0.25, -0.2) is 0 Å². The van der Waals surface area contributed by atoms with Gasteiger partial charge in [-0.15, -0.1) is 0 Å². The van der Waals surface area contributed by atoms with E-state index in [1.165, 1.54) is 64.2 Å². The fourth-order valence-corrected chi connectivity index (χ4v) is 2.11. The van der Waals surface area contributed by atoms with Crippen LogP contribution in [0.3, 0.4) is 0 Å². The van der Waals surface area contributed by atoms with Crippen molar-refractivity contribution in [2.45, 2.75) is 97.5 Å². The van der Waals surface area contributed by atoms with Gasteiger partial charge in [-0.3, -0.25) is 0 Å². The Bertz CT molecular complexity index is 142. The molecule has 0 saturated carbocycles. The Morgan fingerprint density at radius 3 is 1.59 bits per heavy atom. The van der Waals surface area contributed by atoms with Crippen molar-refractivity contribution in [1.82, 2.24) is 0 Å². The van der Waals surface area contributed by atoms with E-state index in [1.807, 2.05) is 13.8 Å². The topological polar surface area (TPSA) is 20.2 Å². The van der Waals surface area contributed by atoms with Crippen molar-refractivity contribution in [2.75, 3.05) is 0 Å². The molecule has 0 aromatic heterocycles. The lowest BCUT2D eigenvalue weighted by Gasteiger charge is -2.13. The average Bonchev–Trinajstić information content (AvgIpc) is 2.31. The second kappa shape index (κ2) is 12.4. The lowest BCUT2D eigenvalue weighted by molar-refractivity contribution is 0.174. The number of unbranched alkanes of at least 4 members (excludes halogenated alkanes) is 9. The Morgan fingerprint density at radius 1 is 0.765 bits per heavy atom. The van der Waals surface area contributed by atoms with Gasteiger partial charge in [0.2, 0.25) is 0 Å². The van der Waals surface area contributed by atoms with E-state index in [-0.39, 0.29) is 6.10 Å². The molecule has 1 N–H and O–H groups in total. The standard InChI is InChI=1S/C16H33O/c1-4-5-6-7-8-9-10-11-12-13-14-16(17)15(2)3/h16-17H,4-14H2,1-3H3. The van der Waals surface area contributed by atoms with Crippen LogP contribution in [0.4, 0.5) is 0 Å². The van der Waals surface area contributed by atoms with Gasteiger partial charge in [-0.05, 0) is 12.3 Å². The predicted octanol–water partition coefficient (Wildman–Crippen LogP) is 5.27. The van der Waals surface area contributed by atoms with Gasteiger partial charge < -0.3 is 5.11 Å². The first kappa shape index (κ1) is 17.0. The molecule has 1 radical (unpaired) electrons. The second-order valence-electron chi connectivity index (χ2n) is 5.56. The molecule has 0 aromatic carbocycles. The highest BCUT2D eigenvalue weighted by Crippen LogP contribution is 2.14. The normalized spacial score (nSPS) is 13.2. The smallest absolute Gasteiger partial charge is 0.0597 e.